The highest BCUT2D eigenvalue weighted by molar-refractivity contribution is 9.10. The van der Waals surface area contributed by atoms with Crippen molar-refractivity contribution in [1.29, 1.82) is 0 Å². The fourth-order valence-corrected chi connectivity index (χ4v) is 2.12. The first kappa shape index (κ1) is 14.7. The topological polar surface area (TPSA) is 41.0 Å². The van der Waals surface area contributed by atoms with Crippen LogP contribution < -0.4 is 10.2 Å². The van der Waals surface area contributed by atoms with E-state index in [1.807, 2.05) is 13.8 Å². The Kier molecular flexibility index (Phi) is 4.54. The number of halogens is 2. The zero-order chi connectivity index (χ0) is 14.7. The van der Waals surface area contributed by atoms with Crippen LogP contribution in [0.5, 0.6) is 0 Å². The summed E-state index contributed by atoms with van der Waals surface area (Å²) >= 11 is 3.35. The van der Waals surface area contributed by atoms with E-state index in [4.69, 9.17) is 0 Å². The summed E-state index contributed by atoms with van der Waals surface area (Å²) in [5, 5.41) is 3.20. The molecule has 2 rings (SSSR count). The van der Waals surface area contributed by atoms with Gasteiger partial charge in [-0.3, -0.25) is 0 Å². The smallest absolute Gasteiger partial charge is 0.146 e. The molecule has 2 aromatic rings. The first-order valence-electron chi connectivity index (χ1n) is 6.24. The maximum absolute atomic E-state index is 13.9. The number of anilines is 3. The minimum absolute atomic E-state index is 0.269. The Balaban J connectivity index is 2.33. The molecular formula is C14H16BrFN4. The molecule has 0 unspecified atom stereocenters. The summed E-state index contributed by atoms with van der Waals surface area (Å²) in [5.41, 5.74) is 0.452. The van der Waals surface area contributed by atoms with E-state index in [0.29, 0.717) is 17.3 Å². The van der Waals surface area contributed by atoms with Crippen molar-refractivity contribution in [2.75, 3.05) is 17.3 Å². The van der Waals surface area contributed by atoms with Gasteiger partial charge in [-0.2, -0.15) is 0 Å². The maximum atomic E-state index is 13.9. The fourth-order valence-electron chi connectivity index (χ4n) is 1.77. The van der Waals surface area contributed by atoms with Crippen molar-refractivity contribution in [3.05, 3.63) is 40.9 Å². The molecule has 0 amide bonds. The lowest BCUT2D eigenvalue weighted by molar-refractivity contribution is 0.627. The predicted molar refractivity (Wildman–Crippen MR) is 83.0 cm³/mol. The van der Waals surface area contributed by atoms with Crippen LogP contribution >= 0.6 is 15.9 Å². The summed E-state index contributed by atoms with van der Waals surface area (Å²) in [6, 6.07) is 6.86. The van der Waals surface area contributed by atoms with Gasteiger partial charge in [0, 0.05) is 23.6 Å². The summed E-state index contributed by atoms with van der Waals surface area (Å²) in [5.74, 6) is 1.04. The van der Waals surface area contributed by atoms with Crippen LogP contribution in [0.15, 0.2) is 35.1 Å². The van der Waals surface area contributed by atoms with E-state index in [-0.39, 0.29) is 11.9 Å². The minimum Gasteiger partial charge on any atom is -0.368 e. The molecule has 0 saturated carbocycles. The van der Waals surface area contributed by atoms with Crippen LogP contribution in [0.3, 0.4) is 0 Å². The normalized spacial score (nSPS) is 10.7. The molecule has 1 heterocycles. The van der Waals surface area contributed by atoms with Gasteiger partial charge in [0.1, 0.15) is 23.8 Å². The van der Waals surface area contributed by atoms with Gasteiger partial charge in [-0.25, -0.2) is 14.4 Å². The molecule has 0 atom stereocenters. The number of hydrogen-bond acceptors (Lipinski definition) is 4. The monoisotopic (exact) mass is 338 g/mol. The molecule has 0 radical (unpaired) electrons. The van der Waals surface area contributed by atoms with Crippen molar-refractivity contribution >= 4 is 33.3 Å². The average Bonchev–Trinajstić information content (AvgIpc) is 2.40. The Morgan fingerprint density at radius 1 is 1.25 bits per heavy atom. The van der Waals surface area contributed by atoms with Crippen molar-refractivity contribution in [3.63, 3.8) is 0 Å². The van der Waals surface area contributed by atoms with Gasteiger partial charge in [0.15, 0.2) is 0 Å². The molecule has 6 heteroatoms. The van der Waals surface area contributed by atoms with Crippen LogP contribution in [0, 0.1) is 5.82 Å². The molecule has 0 bridgehead atoms. The molecular weight excluding hydrogens is 323 g/mol. The number of benzene rings is 1. The van der Waals surface area contributed by atoms with Crippen LogP contribution in [-0.2, 0) is 0 Å². The van der Waals surface area contributed by atoms with E-state index in [9.17, 15) is 4.39 Å². The first-order chi connectivity index (χ1) is 9.47. The summed E-state index contributed by atoms with van der Waals surface area (Å²) in [6.07, 6.45) is 1.46. The SMILES string of the molecule is CC(C)Nc1cc(N(C)c2cc(Br)ccc2F)ncn1. The Bertz CT molecular complexity index is 603. The van der Waals surface area contributed by atoms with Gasteiger partial charge < -0.3 is 10.2 Å². The lowest BCUT2D eigenvalue weighted by Gasteiger charge is -2.20. The van der Waals surface area contributed by atoms with Crippen LogP contribution in [0.25, 0.3) is 0 Å². The third-order valence-corrected chi connectivity index (χ3v) is 3.20. The maximum Gasteiger partial charge on any atom is 0.146 e. The molecule has 0 fully saturated rings. The molecule has 0 aliphatic carbocycles. The molecule has 0 saturated heterocycles. The van der Waals surface area contributed by atoms with Crippen LogP contribution in [-0.4, -0.2) is 23.1 Å². The summed E-state index contributed by atoms with van der Waals surface area (Å²) < 4.78 is 14.7. The lowest BCUT2D eigenvalue weighted by Crippen LogP contribution is -2.15. The second kappa shape index (κ2) is 6.17. The predicted octanol–water partition coefficient (Wildman–Crippen LogP) is 3.97. The number of nitrogens with zero attached hydrogens (tertiary/aromatic N) is 3. The second-order valence-electron chi connectivity index (χ2n) is 4.72. The van der Waals surface area contributed by atoms with Gasteiger partial charge in [-0.1, -0.05) is 15.9 Å². The number of nitrogens with one attached hydrogen (secondary N) is 1. The standard InChI is InChI=1S/C14H16BrFN4/c1-9(2)19-13-7-14(18-8-17-13)20(3)12-6-10(15)4-5-11(12)16/h4-9H,1-3H3,(H,17,18,19). The lowest BCUT2D eigenvalue weighted by atomic mass is 10.3. The molecule has 0 spiro atoms. The zero-order valence-corrected chi connectivity index (χ0v) is 13.1. The zero-order valence-electron chi connectivity index (χ0n) is 11.6. The van der Waals surface area contributed by atoms with E-state index < -0.39 is 0 Å². The van der Waals surface area contributed by atoms with Gasteiger partial charge in [0.2, 0.25) is 0 Å². The molecule has 1 aromatic carbocycles. The van der Waals surface area contributed by atoms with Crippen molar-refractivity contribution < 1.29 is 4.39 Å². The third kappa shape index (κ3) is 3.45. The van der Waals surface area contributed by atoms with Gasteiger partial charge >= 0.3 is 0 Å². The minimum atomic E-state index is -0.298. The second-order valence-corrected chi connectivity index (χ2v) is 5.63. The largest absolute Gasteiger partial charge is 0.368 e. The Morgan fingerprint density at radius 2 is 2.00 bits per heavy atom. The van der Waals surface area contributed by atoms with Gasteiger partial charge in [0.05, 0.1) is 5.69 Å². The van der Waals surface area contributed by atoms with Crippen LogP contribution in [0.4, 0.5) is 21.7 Å². The van der Waals surface area contributed by atoms with Crippen molar-refractivity contribution in [1.82, 2.24) is 9.97 Å². The molecule has 0 aliphatic heterocycles. The number of rotatable bonds is 4. The van der Waals surface area contributed by atoms with Gasteiger partial charge in [-0.05, 0) is 32.0 Å². The van der Waals surface area contributed by atoms with E-state index in [0.717, 1.165) is 4.47 Å². The number of hydrogen-bond donors (Lipinski definition) is 1. The molecule has 0 aliphatic rings. The highest BCUT2D eigenvalue weighted by Crippen LogP contribution is 2.28. The van der Waals surface area contributed by atoms with Gasteiger partial charge in [0.25, 0.3) is 0 Å². The Labute approximate surface area is 126 Å². The molecule has 1 N–H and O–H groups in total. The third-order valence-electron chi connectivity index (χ3n) is 2.70. The van der Waals surface area contributed by atoms with Crippen molar-refractivity contribution in [2.24, 2.45) is 0 Å². The molecule has 1 aromatic heterocycles. The highest BCUT2D eigenvalue weighted by atomic mass is 79.9. The quantitative estimate of drug-likeness (QED) is 0.915. The highest BCUT2D eigenvalue weighted by Gasteiger charge is 2.12. The molecule has 20 heavy (non-hydrogen) atoms. The fraction of sp³-hybridized carbons (Fsp3) is 0.286. The molecule has 4 nitrogen and oxygen atoms in total. The van der Waals surface area contributed by atoms with E-state index in [1.54, 1.807) is 30.1 Å². The average molecular weight is 339 g/mol. The Hall–Kier alpha value is -1.69. The summed E-state index contributed by atoms with van der Waals surface area (Å²) in [4.78, 5) is 10.0. The summed E-state index contributed by atoms with van der Waals surface area (Å²) in [7, 11) is 1.77. The van der Waals surface area contributed by atoms with E-state index in [1.165, 1.54) is 12.4 Å². The van der Waals surface area contributed by atoms with E-state index in [2.05, 4.69) is 31.2 Å². The number of aromatic nitrogens is 2. The van der Waals surface area contributed by atoms with E-state index >= 15 is 0 Å². The van der Waals surface area contributed by atoms with Crippen molar-refractivity contribution in [2.45, 2.75) is 19.9 Å². The summed E-state index contributed by atoms with van der Waals surface area (Å²) in [6.45, 7) is 4.05. The van der Waals surface area contributed by atoms with Crippen LogP contribution in [0.2, 0.25) is 0 Å². The van der Waals surface area contributed by atoms with Crippen LogP contribution in [0.1, 0.15) is 13.8 Å². The molecule has 106 valence electrons. The van der Waals surface area contributed by atoms with Gasteiger partial charge in [-0.15, -0.1) is 0 Å². The Morgan fingerprint density at radius 3 is 2.70 bits per heavy atom. The van der Waals surface area contributed by atoms with Crippen molar-refractivity contribution in [3.8, 4) is 0 Å². The first-order valence-corrected chi connectivity index (χ1v) is 7.04.